The van der Waals surface area contributed by atoms with Crippen LogP contribution in [0.15, 0.2) is 94.8 Å². The maximum atomic E-state index is 13.9. The number of aromatic hydroxyl groups is 2. The summed E-state index contributed by atoms with van der Waals surface area (Å²) in [6, 6.07) is 15.9. The molecule has 0 radical (unpaired) electrons. The second-order valence-electron chi connectivity index (χ2n) is 16.7. The number of carbonyl (C=O) groups is 4. The molecule has 2 atom stereocenters. The number of halogens is 6. The first-order chi connectivity index (χ1) is 32.4. The van der Waals surface area contributed by atoms with Gasteiger partial charge in [0.1, 0.15) is 34.4 Å². The molecule has 4 aliphatic rings. The lowest BCUT2D eigenvalue weighted by Gasteiger charge is -2.34. The molecular weight excluding hydrogens is 935 g/mol. The molecule has 68 heavy (non-hydrogen) atoms. The van der Waals surface area contributed by atoms with Crippen LogP contribution in [0.5, 0.6) is 11.5 Å². The SMILES string of the molecule is O=C(NCc1ccc(F)cc1F)c1cn2c(c(O)c1=O)C(=O)N1Cc3ccc(Cl)cc3C[C@@H]2C1.O=C(NCc1ccc(F)cc1F)c1cn2c(c(O)c1=O)C(=O)N1Cc3ccc(Cl)cc3C[C@H]2C1. The summed E-state index contributed by atoms with van der Waals surface area (Å²) in [5.41, 5.74) is 0.593. The molecule has 4 N–H and O–H groups in total. The van der Waals surface area contributed by atoms with Crippen molar-refractivity contribution >= 4 is 46.8 Å². The second-order valence-corrected chi connectivity index (χ2v) is 17.6. The zero-order chi connectivity index (χ0) is 48.3. The van der Waals surface area contributed by atoms with Crippen LogP contribution in [0.2, 0.25) is 10.0 Å². The molecule has 6 aromatic rings. The molecule has 0 unspecified atom stereocenters. The van der Waals surface area contributed by atoms with E-state index in [2.05, 4.69) is 10.6 Å². The Bertz CT molecular complexity index is 3060. The minimum Gasteiger partial charge on any atom is -0.503 e. The Kier molecular flexibility index (Phi) is 12.1. The van der Waals surface area contributed by atoms with Crippen molar-refractivity contribution in [3.8, 4) is 11.5 Å². The van der Waals surface area contributed by atoms with Gasteiger partial charge in [-0.25, -0.2) is 17.6 Å². The Balaban J connectivity index is 0.000000170. The fraction of sp³-hybridized carbons (Fsp3) is 0.208. The van der Waals surface area contributed by atoms with Crippen molar-refractivity contribution in [1.29, 1.82) is 0 Å². The largest absolute Gasteiger partial charge is 0.503 e. The summed E-state index contributed by atoms with van der Waals surface area (Å²) in [7, 11) is 0. The lowest BCUT2D eigenvalue weighted by atomic mass is 10.0. The van der Waals surface area contributed by atoms with Crippen molar-refractivity contribution in [1.82, 2.24) is 29.6 Å². The van der Waals surface area contributed by atoms with Gasteiger partial charge in [0.15, 0.2) is 22.9 Å². The van der Waals surface area contributed by atoms with E-state index in [9.17, 15) is 56.5 Å². The summed E-state index contributed by atoms with van der Waals surface area (Å²) in [5, 5.41) is 27.2. The van der Waals surface area contributed by atoms with Gasteiger partial charge in [0.2, 0.25) is 10.9 Å². The van der Waals surface area contributed by atoms with Crippen molar-refractivity contribution in [2.75, 3.05) is 13.1 Å². The fourth-order valence-electron chi connectivity index (χ4n) is 8.98. The first-order valence-electron chi connectivity index (χ1n) is 21.0. The smallest absolute Gasteiger partial charge is 0.274 e. The van der Waals surface area contributed by atoms with Gasteiger partial charge in [-0.05, 0) is 71.5 Å². The van der Waals surface area contributed by atoms with Gasteiger partial charge in [-0.15, -0.1) is 0 Å². The van der Waals surface area contributed by atoms with Gasteiger partial charge < -0.3 is 39.8 Å². The Hall–Kier alpha value is -7.44. The van der Waals surface area contributed by atoms with Gasteiger partial charge >= 0.3 is 0 Å². The minimum absolute atomic E-state index is 0.0279. The molecule has 20 heteroatoms. The lowest BCUT2D eigenvalue weighted by Crippen LogP contribution is -2.44. The number of pyridine rings is 2. The van der Waals surface area contributed by atoms with Gasteiger partial charge in [-0.1, -0.05) is 47.5 Å². The van der Waals surface area contributed by atoms with Crippen LogP contribution >= 0.6 is 23.2 Å². The van der Waals surface area contributed by atoms with Gasteiger partial charge in [0.05, 0.1) is 12.1 Å². The number of hydrogen-bond donors (Lipinski definition) is 4. The van der Waals surface area contributed by atoms with E-state index in [4.69, 9.17) is 23.2 Å². The summed E-state index contributed by atoms with van der Waals surface area (Å²) < 4.78 is 56.9. The number of fused-ring (bicyclic) bond motifs is 10. The summed E-state index contributed by atoms with van der Waals surface area (Å²) in [6.07, 6.45) is 3.44. The zero-order valence-corrected chi connectivity index (χ0v) is 36.8. The van der Waals surface area contributed by atoms with Crippen LogP contribution in [-0.4, -0.2) is 65.9 Å². The van der Waals surface area contributed by atoms with Gasteiger partial charge in [-0.3, -0.25) is 28.8 Å². The van der Waals surface area contributed by atoms with E-state index in [1.165, 1.54) is 33.7 Å². The van der Waals surface area contributed by atoms with Crippen LogP contribution < -0.4 is 21.5 Å². The zero-order valence-electron chi connectivity index (χ0n) is 35.3. The van der Waals surface area contributed by atoms with E-state index >= 15 is 0 Å². The molecule has 0 saturated carbocycles. The normalized spacial score (nSPS) is 16.5. The van der Waals surface area contributed by atoms with Crippen molar-refractivity contribution in [2.24, 2.45) is 0 Å². The fourth-order valence-corrected chi connectivity index (χ4v) is 9.37. The maximum Gasteiger partial charge on any atom is 0.274 e. The predicted molar refractivity (Wildman–Crippen MR) is 238 cm³/mol. The van der Waals surface area contributed by atoms with Crippen LogP contribution in [0, 0.1) is 23.3 Å². The van der Waals surface area contributed by atoms with Crippen molar-refractivity contribution in [3.05, 3.63) is 195 Å². The predicted octanol–water partition coefficient (Wildman–Crippen LogP) is 6.34. The standard InChI is InChI=1S/2C24H18ClF2N3O4/c2*25-15-3-1-13-9-29-10-17(6-14(13)5-15)30-11-18(21(31)22(32)20(30)24(29)34)23(33)28-8-12-2-4-16(26)7-19(12)27/h2*1-5,7,11,17,32H,6,8-10H2,(H,28,33)/t2*17-/m10/s1. The molecule has 6 heterocycles. The number of aromatic nitrogens is 2. The molecule has 2 aromatic heterocycles. The highest BCUT2D eigenvalue weighted by Crippen LogP contribution is 2.36. The Morgan fingerprint density at radius 1 is 0.574 bits per heavy atom. The molecule has 4 amide bonds. The first-order valence-corrected chi connectivity index (χ1v) is 21.7. The highest BCUT2D eigenvalue weighted by molar-refractivity contribution is 6.31. The summed E-state index contributed by atoms with van der Waals surface area (Å²) in [5.74, 6) is -7.57. The monoisotopic (exact) mass is 970 g/mol. The number of hydrogen-bond acceptors (Lipinski definition) is 8. The molecule has 0 fully saturated rings. The van der Waals surface area contributed by atoms with Crippen LogP contribution in [0.25, 0.3) is 0 Å². The molecule has 4 bridgehead atoms. The van der Waals surface area contributed by atoms with Crippen LogP contribution in [0.1, 0.15) is 87.2 Å². The first kappa shape index (κ1) is 45.7. The third kappa shape index (κ3) is 8.56. The molecule has 0 saturated heterocycles. The van der Waals surface area contributed by atoms with Crippen molar-refractivity contribution < 1.29 is 47.0 Å². The minimum atomic E-state index is -1.00. The average Bonchev–Trinajstić information content (AvgIpc) is 3.58. The third-order valence-electron chi connectivity index (χ3n) is 12.4. The van der Waals surface area contributed by atoms with Gasteiger partial charge in [0.25, 0.3) is 23.6 Å². The Labute approximate surface area is 392 Å². The highest BCUT2D eigenvalue weighted by atomic mass is 35.5. The van der Waals surface area contributed by atoms with Gasteiger partial charge in [0, 0.05) is 85.0 Å². The van der Waals surface area contributed by atoms with E-state index in [-0.39, 0.29) is 58.8 Å². The number of nitrogens with one attached hydrogen (secondary N) is 2. The van der Waals surface area contributed by atoms with Crippen molar-refractivity contribution in [3.63, 3.8) is 0 Å². The van der Waals surface area contributed by atoms with E-state index in [0.717, 1.165) is 34.4 Å². The second kappa shape index (κ2) is 18.0. The third-order valence-corrected chi connectivity index (χ3v) is 12.9. The molecule has 4 aromatic carbocycles. The summed E-state index contributed by atoms with van der Waals surface area (Å²) >= 11 is 12.3. The number of rotatable bonds is 6. The lowest BCUT2D eigenvalue weighted by molar-refractivity contribution is 0.0647. The van der Waals surface area contributed by atoms with E-state index < -0.39 is 69.3 Å². The number of carbonyl (C=O) groups excluding carboxylic acids is 4. The number of nitrogens with zero attached hydrogens (tertiary/aromatic N) is 4. The number of amides is 4. The van der Waals surface area contributed by atoms with Crippen molar-refractivity contribution in [2.45, 2.75) is 51.1 Å². The van der Waals surface area contributed by atoms with E-state index in [1.807, 2.05) is 24.3 Å². The molecular formula is C48H36Cl2F4N6O8. The van der Waals surface area contributed by atoms with Crippen LogP contribution in [0.3, 0.4) is 0 Å². The van der Waals surface area contributed by atoms with Gasteiger partial charge in [-0.2, -0.15) is 0 Å². The van der Waals surface area contributed by atoms with E-state index in [1.54, 1.807) is 21.9 Å². The average molecular weight is 972 g/mol. The highest BCUT2D eigenvalue weighted by Gasteiger charge is 2.39. The van der Waals surface area contributed by atoms with Crippen LogP contribution in [-0.2, 0) is 39.0 Å². The van der Waals surface area contributed by atoms with E-state index in [0.29, 0.717) is 61.2 Å². The Morgan fingerprint density at radius 3 is 1.35 bits per heavy atom. The molecule has 14 nitrogen and oxygen atoms in total. The topological polar surface area (TPSA) is 183 Å². The molecule has 4 aliphatic heterocycles. The van der Waals surface area contributed by atoms with Crippen LogP contribution in [0.4, 0.5) is 17.6 Å². The summed E-state index contributed by atoms with van der Waals surface area (Å²) in [4.78, 5) is 80.4. The Morgan fingerprint density at radius 2 is 0.971 bits per heavy atom. The quantitative estimate of drug-likeness (QED) is 0.140. The maximum absolute atomic E-state index is 13.9. The molecule has 10 rings (SSSR count). The molecule has 348 valence electrons. The summed E-state index contributed by atoms with van der Waals surface area (Å²) in [6.45, 7) is 0.663. The molecule has 0 aliphatic carbocycles. The number of benzene rings is 4. The molecule has 0 spiro atoms.